The molecule has 2 aromatic carbocycles. The van der Waals surface area contributed by atoms with Gasteiger partial charge in [0, 0.05) is 5.56 Å². The van der Waals surface area contributed by atoms with Gasteiger partial charge in [0.25, 0.3) is 5.91 Å². The van der Waals surface area contributed by atoms with Crippen molar-refractivity contribution in [2.24, 2.45) is 5.10 Å². The fourth-order valence-corrected chi connectivity index (χ4v) is 3.00. The smallest absolute Gasteiger partial charge is 0.294 e. The molecule has 4 N–H and O–H groups in total. The van der Waals surface area contributed by atoms with Crippen molar-refractivity contribution in [1.82, 2.24) is 30.7 Å². The number of aromatic nitrogens is 5. The van der Waals surface area contributed by atoms with E-state index in [4.69, 9.17) is 15.2 Å². The number of carbonyl (C=O) groups is 1. The van der Waals surface area contributed by atoms with Gasteiger partial charge < -0.3 is 20.3 Å². The zero-order valence-electron chi connectivity index (χ0n) is 16.2. The molecule has 13 nitrogen and oxygen atoms in total. The lowest BCUT2D eigenvalue weighted by Crippen LogP contribution is -2.19. The Morgan fingerprint density at radius 2 is 1.97 bits per heavy atom. The largest absolute Gasteiger partial charge is 0.508 e. The highest BCUT2D eigenvalue weighted by Gasteiger charge is 2.26. The van der Waals surface area contributed by atoms with Gasteiger partial charge in [0.1, 0.15) is 11.4 Å². The number of amides is 1. The third kappa shape index (κ3) is 3.43. The third-order valence-corrected chi connectivity index (χ3v) is 4.50. The summed E-state index contributed by atoms with van der Waals surface area (Å²) in [6.45, 7) is 0.0930. The van der Waals surface area contributed by atoms with Crippen molar-refractivity contribution in [3.05, 3.63) is 53.7 Å². The van der Waals surface area contributed by atoms with Crippen molar-refractivity contribution in [1.29, 1.82) is 0 Å². The lowest BCUT2D eigenvalue weighted by molar-refractivity contribution is 0.0950. The number of phenols is 1. The molecule has 13 heteroatoms. The first-order chi connectivity index (χ1) is 15.6. The molecule has 32 heavy (non-hydrogen) atoms. The minimum Gasteiger partial charge on any atom is -0.508 e. The number of nitrogen functional groups attached to an aromatic ring is 1. The first-order valence-electron chi connectivity index (χ1n) is 9.17. The van der Waals surface area contributed by atoms with E-state index in [1.807, 2.05) is 0 Å². The van der Waals surface area contributed by atoms with Crippen LogP contribution in [0.3, 0.4) is 0 Å². The van der Waals surface area contributed by atoms with Crippen molar-refractivity contribution in [2.75, 3.05) is 12.5 Å². The number of benzene rings is 2. The van der Waals surface area contributed by atoms with E-state index in [0.717, 1.165) is 0 Å². The lowest BCUT2D eigenvalue weighted by atomic mass is 10.1. The van der Waals surface area contributed by atoms with Crippen molar-refractivity contribution >= 4 is 17.9 Å². The SMILES string of the molecule is Nc1nonc1-n1nnc(C(=O)NN=Cc2ccc(O)cc2)c1-c1ccc2c(c1)OCO2. The number of aromatic hydroxyl groups is 1. The van der Waals surface area contributed by atoms with Crippen LogP contribution in [0.25, 0.3) is 17.1 Å². The first kappa shape index (κ1) is 19.0. The van der Waals surface area contributed by atoms with Gasteiger partial charge >= 0.3 is 0 Å². The van der Waals surface area contributed by atoms with Gasteiger partial charge in [-0.05, 0) is 58.3 Å². The molecule has 1 aliphatic heterocycles. The minimum atomic E-state index is -0.631. The summed E-state index contributed by atoms with van der Waals surface area (Å²) in [6, 6.07) is 11.4. The number of ether oxygens (including phenoxy) is 2. The minimum absolute atomic E-state index is 0.0331. The molecule has 0 saturated heterocycles. The van der Waals surface area contributed by atoms with E-state index in [-0.39, 0.29) is 35.6 Å². The van der Waals surface area contributed by atoms with Crippen LogP contribution in [0.2, 0.25) is 0 Å². The van der Waals surface area contributed by atoms with Crippen LogP contribution in [-0.4, -0.2) is 49.3 Å². The van der Waals surface area contributed by atoms with Gasteiger partial charge in [-0.15, -0.1) is 5.10 Å². The van der Waals surface area contributed by atoms with Crippen LogP contribution >= 0.6 is 0 Å². The summed E-state index contributed by atoms with van der Waals surface area (Å²) in [5.74, 6) is 0.593. The molecule has 1 aliphatic rings. The number of carbonyl (C=O) groups excluding carboxylic acids is 1. The number of hydrogen-bond acceptors (Lipinski definition) is 11. The maximum atomic E-state index is 12.9. The Bertz CT molecular complexity index is 1330. The Balaban J connectivity index is 1.51. The lowest BCUT2D eigenvalue weighted by Gasteiger charge is -2.07. The van der Waals surface area contributed by atoms with Crippen LogP contribution in [0.15, 0.2) is 52.2 Å². The van der Waals surface area contributed by atoms with Gasteiger partial charge in [-0.2, -0.15) is 9.78 Å². The van der Waals surface area contributed by atoms with Gasteiger partial charge in [-0.3, -0.25) is 4.79 Å². The van der Waals surface area contributed by atoms with Crippen LogP contribution in [0.4, 0.5) is 5.82 Å². The zero-order valence-corrected chi connectivity index (χ0v) is 16.2. The molecule has 4 aromatic rings. The monoisotopic (exact) mass is 434 g/mol. The van der Waals surface area contributed by atoms with Crippen LogP contribution < -0.4 is 20.6 Å². The number of rotatable bonds is 5. The summed E-state index contributed by atoms with van der Waals surface area (Å²) in [7, 11) is 0. The molecule has 2 aromatic heterocycles. The van der Waals surface area contributed by atoms with Gasteiger partial charge in [0.15, 0.2) is 17.2 Å². The Hall–Kier alpha value is -4.94. The summed E-state index contributed by atoms with van der Waals surface area (Å²) in [5, 5.41) is 28.5. The highest BCUT2D eigenvalue weighted by Crippen LogP contribution is 2.37. The zero-order chi connectivity index (χ0) is 22.1. The number of phenolic OH excluding ortho intramolecular Hbond substituents is 1. The second-order valence-corrected chi connectivity index (χ2v) is 6.53. The van der Waals surface area contributed by atoms with Crippen molar-refractivity contribution < 1.29 is 24.0 Å². The summed E-state index contributed by atoms with van der Waals surface area (Å²) in [6.07, 6.45) is 1.42. The number of nitrogens with two attached hydrogens (primary N) is 1. The number of hydrazone groups is 1. The number of nitrogens with zero attached hydrogens (tertiary/aromatic N) is 6. The number of fused-ring (bicyclic) bond motifs is 1. The Labute approximate surface area is 179 Å². The molecule has 0 aliphatic carbocycles. The predicted octanol–water partition coefficient (Wildman–Crippen LogP) is 1.10. The fourth-order valence-electron chi connectivity index (χ4n) is 3.00. The van der Waals surface area contributed by atoms with Crippen LogP contribution in [0.1, 0.15) is 16.1 Å². The highest BCUT2D eigenvalue weighted by atomic mass is 16.7. The average Bonchev–Trinajstić information content (AvgIpc) is 3.53. The van der Waals surface area contributed by atoms with E-state index in [2.05, 4.69) is 35.8 Å². The predicted molar refractivity (Wildman–Crippen MR) is 108 cm³/mol. The average molecular weight is 434 g/mol. The van der Waals surface area contributed by atoms with Crippen molar-refractivity contribution in [3.63, 3.8) is 0 Å². The molecule has 0 atom stereocenters. The molecule has 0 bridgehead atoms. The summed E-state index contributed by atoms with van der Waals surface area (Å²) in [5.41, 5.74) is 9.64. The fraction of sp³-hybridized carbons (Fsp3) is 0.0526. The van der Waals surface area contributed by atoms with Crippen LogP contribution in [0.5, 0.6) is 17.2 Å². The van der Waals surface area contributed by atoms with E-state index in [1.165, 1.54) is 23.0 Å². The topological polar surface area (TPSA) is 176 Å². The molecule has 5 rings (SSSR count). The Morgan fingerprint density at radius 1 is 1.16 bits per heavy atom. The molecular weight excluding hydrogens is 420 g/mol. The van der Waals surface area contributed by atoms with E-state index in [1.54, 1.807) is 30.3 Å². The summed E-state index contributed by atoms with van der Waals surface area (Å²) >= 11 is 0. The van der Waals surface area contributed by atoms with Crippen LogP contribution in [-0.2, 0) is 0 Å². The number of hydrogen-bond donors (Lipinski definition) is 3. The maximum absolute atomic E-state index is 12.9. The number of nitrogens with one attached hydrogen (secondary N) is 1. The molecule has 3 heterocycles. The van der Waals surface area contributed by atoms with Crippen molar-refractivity contribution in [3.8, 4) is 34.3 Å². The van der Waals surface area contributed by atoms with Gasteiger partial charge in [-0.25, -0.2) is 10.1 Å². The highest BCUT2D eigenvalue weighted by molar-refractivity contribution is 5.99. The van der Waals surface area contributed by atoms with E-state index in [0.29, 0.717) is 22.6 Å². The summed E-state index contributed by atoms with van der Waals surface area (Å²) < 4.78 is 16.7. The third-order valence-electron chi connectivity index (χ3n) is 4.50. The van der Waals surface area contributed by atoms with Gasteiger partial charge in [0.2, 0.25) is 18.4 Å². The quantitative estimate of drug-likeness (QED) is 0.304. The second-order valence-electron chi connectivity index (χ2n) is 6.53. The van der Waals surface area contributed by atoms with Gasteiger partial charge in [-0.1, -0.05) is 5.21 Å². The molecule has 0 fully saturated rings. The molecule has 1 amide bonds. The molecule has 0 saturated carbocycles. The standard InChI is InChI=1S/C19H14N8O5/c20-17-18(25-32-24-17)27-16(11-3-6-13-14(7-11)31-9-30-13)15(22-26-27)19(29)23-21-8-10-1-4-12(28)5-2-10/h1-8,28H,9H2,(H2,20,24)(H,23,29). The first-order valence-corrected chi connectivity index (χ1v) is 9.17. The van der Waals surface area contributed by atoms with E-state index >= 15 is 0 Å². The van der Waals surface area contributed by atoms with E-state index < -0.39 is 5.91 Å². The maximum Gasteiger partial charge on any atom is 0.294 e. The normalized spacial score (nSPS) is 12.4. The van der Waals surface area contributed by atoms with E-state index in [9.17, 15) is 9.90 Å². The molecule has 0 radical (unpaired) electrons. The molecular formula is C19H14N8O5. The second kappa shape index (κ2) is 7.71. The molecule has 160 valence electrons. The summed E-state index contributed by atoms with van der Waals surface area (Å²) in [4.78, 5) is 12.9. The Kier molecular flexibility index (Phi) is 4.59. The van der Waals surface area contributed by atoms with Gasteiger partial charge in [0.05, 0.1) is 6.21 Å². The van der Waals surface area contributed by atoms with Crippen molar-refractivity contribution in [2.45, 2.75) is 0 Å². The number of anilines is 1. The van der Waals surface area contributed by atoms with Crippen LogP contribution in [0, 0.1) is 0 Å². The molecule has 0 spiro atoms. The molecule has 0 unspecified atom stereocenters. The Morgan fingerprint density at radius 3 is 2.75 bits per heavy atom.